The summed E-state index contributed by atoms with van der Waals surface area (Å²) in [5.41, 5.74) is 4.71. The number of carboxylic acid groups (broad SMARTS) is 1. The summed E-state index contributed by atoms with van der Waals surface area (Å²) in [5.74, 6) is -0.661. The van der Waals surface area contributed by atoms with Gasteiger partial charge in [-0.3, -0.25) is 9.78 Å². The molecule has 0 bridgehead atoms. The zero-order valence-electron chi connectivity index (χ0n) is 15.7. The SMILES string of the molecule is C/C(=N/NC(=O)CSc1cccc2cccnc12)c1cccc(OCC(=O)O)c1. The van der Waals surface area contributed by atoms with Crippen LogP contribution in [0.3, 0.4) is 0 Å². The molecule has 1 aromatic heterocycles. The Morgan fingerprint density at radius 3 is 2.79 bits per heavy atom. The van der Waals surface area contributed by atoms with Gasteiger partial charge in [-0.25, -0.2) is 10.2 Å². The molecule has 0 unspecified atom stereocenters. The molecule has 0 aliphatic carbocycles. The summed E-state index contributed by atoms with van der Waals surface area (Å²) >= 11 is 1.40. The predicted octanol–water partition coefficient (Wildman–Crippen LogP) is 3.33. The van der Waals surface area contributed by atoms with Crippen LogP contribution in [0.4, 0.5) is 0 Å². The van der Waals surface area contributed by atoms with Crippen molar-refractivity contribution in [3.05, 3.63) is 66.4 Å². The molecule has 0 aliphatic heterocycles. The van der Waals surface area contributed by atoms with E-state index < -0.39 is 12.6 Å². The van der Waals surface area contributed by atoms with Crippen LogP contribution in [-0.2, 0) is 9.59 Å². The van der Waals surface area contributed by atoms with Crippen molar-refractivity contribution in [2.24, 2.45) is 5.10 Å². The molecule has 3 aromatic rings. The molecule has 0 radical (unpaired) electrons. The number of fused-ring (bicyclic) bond motifs is 1. The highest BCUT2D eigenvalue weighted by atomic mass is 32.2. The average molecular weight is 409 g/mol. The van der Waals surface area contributed by atoms with Crippen LogP contribution in [0.25, 0.3) is 10.9 Å². The van der Waals surface area contributed by atoms with Crippen molar-refractivity contribution in [1.82, 2.24) is 10.4 Å². The molecule has 3 rings (SSSR count). The summed E-state index contributed by atoms with van der Waals surface area (Å²) in [7, 11) is 0. The molecule has 148 valence electrons. The van der Waals surface area contributed by atoms with Crippen LogP contribution in [0.1, 0.15) is 12.5 Å². The van der Waals surface area contributed by atoms with Crippen molar-refractivity contribution >= 4 is 40.3 Å². The number of pyridine rings is 1. The van der Waals surface area contributed by atoms with Crippen molar-refractivity contribution in [3.8, 4) is 5.75 Å². The fourth-order valence-corrected chi connectivity index (χ4v) is 3.37. The van der Waals surface area contributed by atoms with E-state index in [1.165, 1.54) is 11.8 Å². The third kappa shape index (κ3) is 5.79. The molecular formula is C21H19N3O4S. The van der Waals surface area contributed by atoms with Crippen LogP contribution >= 0.6 is 11.8 Å². The Bertz CT molecular complexity index is 1060. The lowest BCUT2D eigenvalue weighted by molar-refractivity contribution is -0.139. The molecule has 0 aliphatic rings. The zero-order chi connectivity index (χ0) is 20.6. The third-order valence-electron chi connectivity index (χ3n) is 3.92. The first-order valence-corrected chi connectivity index (χ1v) is 9.76. The number of amides is 1. The third-order valence-corrected chi connectivity index (χ3v) is 4.96. The number of carbonyl (C=O) groups is 2. The van der Waals surface area contributed by atoms with E-state index in [4.69, 9.17) is 9.84 Å². The van der Waals surface area contributed by atoms with Crippen LogP contribution in [0.15, 0.2) is 70.8 Å². The van der Waals surface area contributed by atoms with Crippen molar-refractivity contribution in [3.63, 3.8) is 0 Å². The fraction of sp³-hybridized carbons (Fsp3) is 0.143. The van der Waals surface area contributed by atoms with Gasteiger partial charge in [0.1, 0.15) is 5.75 Å². The second-order valence-electron chi connectivity index (χ2n) is 6.06. The number of hydrogen-bond donors (Lipinski definition) is 2. The lowest BCUT2D eigenvalue weighted by Gasteiger charge is -2.07. The Kier molecular flexibility index (Phi) is 6.80. The molecule has 0 spiro atoms. The Labute approximate surface area is 171 Å². The van der Waals surface area contributed by atoms with E-state index in [-0.39, 0.29) is 11.7 Å². The number of hydrogen-bond acceptors (Lipinski definition) is 6. The molecule has 2 aromatic carbocycles. The van der Waals surface area contributed by atoms with Gasteiger partial charge in [0.15, 0.2) is 6.61 Å². The summed E-state index contributed by atoms with van der Waals surface area (Å²) in [6.07, 6.45) is 1.73. The summed E-state index contributed by atoms with van der Waals surface area (Å²) in [4.78, 5) is 28.1. The normalized spacial score (nSPS) is 11.3. The second kappa shape index (κ2) is 9.70. The van der Waals surface area contributed by atoms with Gasteiger partial charge >= 0.3 is 5.97 Å². The smallest absolute Gasteiger partial charge is 0.341 e. The first-order chi connectivity index (χ1) is 14.0. The van der Waals surface area contributed by atoms with Crippen LogP contribution in [0, 0.1) is 0 Å². The van der Waals surface area contributed by atoms with E-state index in [1.807, 2.05) is 30.3 Å². The lowest BCUT2D eigenvalue weighted by Crippen LogP contribution is -2.21. The molecular weight excluding hydrogens is 390 g/mol. The molecule has 1 heterocycles. The topological polar surface area (TPSA) is 101 Å². The minimum absolute atomic E-state index is 0.203. The van der Waals surface area contributed by atoms with E-state index >= 15 is 0 Å². The minimum Gasteiger partial charge on any atom is -0.482 e. The highest BCUT2D eigenvalue weighted by Gasteiger charge is 2.07. The first kappa shape index (κ1) is 20.3. The van der Waals surface area contributed by atoms with Crippen molar-refractivity contribution in [1.29, 1.82) is 0 Å². The Balaban J connectivity index is 1.58. The molecule has 0 saturated carbocycles. The number of para-hydroxylation sites is 1. The fourth-order valence-electron chi connectivity index (χ4n) is 2.54. The number of aliphatic carboxylic acids is 1. The van der Waals surface area contributed by atoms with E-state index in [9.17, 15) is 9.59 Å². The van der Waals surface area contributed by atoms with Gasteiger partial charge in [-0.2, -0.15) is 5.10 Å². The number of ether oxygens (including phenoxy) is 1. The number of thioether (sulfide) groups is 1. The number of rotatable bonds is 8. The number of aromatic nitrogens is 1. The van der Waals surface area contributed by atoms with Gasteiger partial charge in [-0.05, 0) is 31.2 Å². The summed E-state index contributed by atoms with van der Waals surface area (Å²) in [6.45, 7) is 1.33. The van der Waals surface area contributed by atoms with Crippen LogP contribution in [-0.4, -0.2) is 40.0 Å². The Hall–Kier alpha value is -3.39. The lowest BCUT2D eigenvalue weighted by atomic mass is 10.1. The zero-order valence-corrected chi connectivity index (χ0v) is 16.5. The Morgan fingerprint density at radius 1 is 1.17 bits per heavy atom. The molecule has 0 fully saturated rings. The van der Waals surface area contributed by atoms with Gasteiger partial charge < -0.3 is 9.84 Å². The van der Waals surface area contributed by atoms with E-state index in [2.05, 4.69) is 15.5 Å². The maximum Gasteiger partial charge on any atom is 0.341 e. The molecule has 1 amide bonds. The van der Waals surface area contributed by atoms with Crippen molar-refractivity contribution < 1.29 is 19.4 Å². The second-order valence-corrected chi connectivity index (χ2v) is 7.08. The highest BCUT2D eigenvalue weighted by Crippen LogP contribution is 2.25. The standard InChI is InChI=1S/C21H19N3O4S/c1-14(16-6-2-8-17(11-16)28-12-20(26)27)23-24-19(25)13-29-18-9-3-5-15-7-4-10-22-21(15)18/h2-11H,12-13H2,1H3,(H,24,25)(H,26,27)/b23-14-. The van der Waals surface area contributed by atoms with E-state index in [0.717, 1.165) is 21.4 Å². The maximum atomic E-state index is 12.2. The molecule has 29 heavy (non-hydrogen) atoms. The molecule has 7 nitrogen and oxygen atoms in total. The maximum absolute atomic E-state index is 12.2. The van der Waals surface area contributed by atoms with Crippen LogP contribution in [0.5, 0.6) is 5.75 Å². The van der Waals surface area contributed by atoms with E-state index in [0.29, 0.717) is 11.5 Å². The summed E-state index contributed by atoms with van der Waals surface area (Å²) < 4.78 is 5.16. The molecule has 2 N–H and O–H groups in total. The highest BCUT2D eigenvalue weighted by molar-refractivity contribution is 8.00. The van der Waals surface area contributed by atoms with Gasteiger partial charge in [-0.1, -0.05) is 30.3 Å². The van der Waals surface area contributed by atoms with Gasteiger partial charge in [0.25, 0.3) is 0 Å². The largest absolute Gasteiger partial charge is 0.482 e. The van der Waals surface area contributed by atoms with E-state index in [1.54, 1.807) is 37.4 Å². The monoisotopic (exact) mass is 409 g/mol. The van der Waals surface area contributed by atoms with Crippen LogP contribution < -0.4 is 10.2 Å². The number of hydrazone groups is 1. The van der Waals surface area contributed by atoms with Crippen molar-refractivity contribution in [2.45, 2.75) is 11.8 Å². The predicted molar refractivity (Wildman–Crippen MR) is 112 cm³/mol. The van der Waals surface area contributed by atoms with Gasteiger partial charge in [0.05, 0.1) is 17.0 Å². The number of benzene rings is 2. The number of carbonyl (C=O) groups excluding carboxylic acids is 1. The first-order valence-electron chi connectivity index (χ1n) is 8.77. The Morgan fingerprint density at radius 2 is 1.97 bits per heavy atom. The van der Waals surface area contributed by atoms with Crippen molar-refractivity contribution in [2.75, 3.05) is 12.4 Å². The average Bonchev–Trinajstić information content (AvgIpc) is 2.74. The van der Waals surface area contributed by atoms with Crippen LogP contribution in [0.2, 0.25) is 0 Å². The number of carboxylic acids is 1. The molecule has 0 atom stereocenters. The minimum atomic E-state index is -1.05. The number of nitrogens with zero attached hydrogens (tertiary/aromatic N) is 2. The summed E-state index contributed by atoms with van der Waals surface area (Å²) in [5, 5.41) is 13.8. The molecule has 8 heteroatoms. The van der Waals surface area contributed by atoms with Gasteiger partial charge in [-0.15, -0.1) is 11.8 Å². The number of nitrogens with one attached hydrogen (secondary N) is 1. The van der Waals surface area contributed by atoms with Gasteiger partial charge in [0, 0.05) is 22.0 Å². The van der Waals surface area contributed by atoms with Gasteiger partial charge in [0.2, 0.25) is 5.91 Å². The quantitative estimate of drug-likeness (QED) is 0.336. The summed E-state index contributed by atoms with van der Waals surface area (Å²) in [6, 6.07) is 16.6. The molecule has 0 saturated heterocycles.